The van der Waals surface area contributed by atoms with Gasteiger partial charge in [-0.3, -0.25) is 14.5 Å². The summed E-state index contributed by atoms with van der Waals surface area (Å²) in [5.41, 5.74) is -0.751. The molecule has 4 rings (SSSR count). The van der Waals surface area contributed by atoms with Crippen LogP contribution in [0.1, 0.15) is 48.0 Å². The molecule has 2 bridgehead atoms. The van der Waals surface area contributed by atoms with Crippen LogP contribution in [0.5, 0.6) is 17.2 Å². The summed E-state index contributed by atoms with van der Waals surface area (Å²) in [5, 5.41) is 5.54. The van der Waals surface area contributed by atoms with E-state index < -0.39 is 17.6 Å². The maximum atomic E-state index is 13.3. The van der Waals surface area contributed by atoms with Crippen molar-refractivity contribution in [3.8, 4) is 17.2 Å². The molecule has 2 aliphatic rings. The minimum Gasteiger partial charge on any atom is -0.493 e. The monoisotopic (exact) mass is 535 g/mol. The third-order valence-electron chi connectivity index (χ3n) is 7.22. The summed E-state index contributed by atoms with van der Waals surface area (Å²) >= 11 is 0. The SMILES string of the molecule is COc1cc(C(=O)NC2CC3CCCC(C2)N3CC(=O)Nc2ccccc2C(F)(F)F)cc(OC)c1OC. The zero-order valence-corrected chi connectivity index (χ0v) is 21.6. The van der Waals surface area contributed by atoms with Crippen LogP contribution >= 0.6 is 0 Å². The van der Waals surface area contributed by atoms with Crippen LogP contribution in [0.2, 0.25) is 0 Å². The number of hydrogen-bond donors (Lipinski definition) is 2. The van der Waals surface area contributed by atoms with Crippen molar-refractivity contribution in [3.63, 3.8) is 0 Å². The van der Waals surface area contributed by atoms with E-state index in [1.54, 1.807) is 12.1 Å². The van der Waals surface area contributed by atoms with Crippen LogP contribution in [0.15, 0.2) is 36.4 Å². The highest BCUT2D eigenvalue weighted by Gasteiger charge is 2.40. The molecule has 206 valence electrons. The number of amides is 2. The number of piperidine rings is 2. The number of halogens is 3. The lowest BCUT2D eigenvalue weighted by atomic mass is 9.81. The van der Waals surface area contributed by atoms with Crippen molar-refractivity contribution in [3.05, 3.63) is 47.5 Å². The van der Waals surface area contributed by atoms with Crippen molar-refractivity contribution in [2.24, 2.45) is 0 Å². The van der Waals surface area contributed by atoms with E-state index in [-0.39, 0.29) is 36.3 Å². The second kappa shape index (κ2) is 11.5. The first-order valence-electron chi connectivity index (χ1n) is 12.5. The average molecular weight is 536 g/mol. The van der Waals surface area contributed by atoms with Crippen molar-refractivity contribution in [2.45, 2.75) is 56.4 Å². The van der Waals surface area contributed by atoms with Crippen molar-refractivity contribution in [1.82, 2.24) is 10.2 Å². The molecule has 0 radical (unpaired) electrons. The number of nitrogens with one attached hydrogen (secondary N) is 2. The molecular formula is C27H32F3N3O5. The zero-order chi connectivity index (χ0) is 27.4. The molecule has 2 unspecified atom stereocenters. The second-order valence-electron chi connectivity index (χ2n) is 9.56. The first-order chi connectivity index (χ1) is 18.1. The first-order valence-corrected chi connectivity index (χ1v) is 12.5. The number of carbonyl (C=O) groups is 2. The predicted octanol–water partition coefficient (Wildman–Crippen LogP) is 4.49. The summed E-state index contributed by atoms with van der Waals surface area (Å²) in [7, 11) is 4.45. The number of nitrogens with zero attached hydrogens (tertiary/aromatic N) is 1. The Hall–Kier alpha value is -3.47. The van der Waals surface area contributed by atoms with Gasteiger partial charge in [-0.1, -0.05) is 18.6 Å². The predicted molar refractivity (Wildman–Crippen MR) is 135 cm³/mol. The van der Waals surface area contributed by atoms with Gasteiger partial charge >= 0.3 is 6.18 Å². The van der Waals surface area contributed by atoms with Gasteiger partial charge in [-0.15, -0.1) is 0 Å². The molecule has 38 heavy (non-hydrogen) atoms. The van der Waals surface area contributed by atoms with Crippen LogP contribution < -0.4 is 24.8 Å². The molecule has 2 fully saturated rings. The van der Waals surface area contributed by atoms with E-state index in [1.165, 1.54) is 39.5 Å². The average Bonchev–Trinajstić information content (AvgIpc) is 2.87. The molecule has 2 atom stereocenters. The number of rotatable bonds is 8. The fraction of sp³-hybridized carbons (Fsp3) is 0.481. The Bertz CT molecular complexity index is 1130. The summed E-state index contributed by atoms with van der Waals surface area (Å²) in [4.78, 5) is 28.0. The first kappa shape index (κ1) is 27.6. The van der Waals surface area contributed by atoms with Gasteiger partial charge in [0.1, 0.15) is 0 Å². The smallest absolute Gasteiger partial charge is 0.418 e. The van der Waals surface area contributed by atoms with Gasteiger partial charge in [0, 0.05) is 23.7 Å². The third-order valence-corrected chi connectivity index (χ3v) is 7.22. The molecule has 0 saturated carbocycles. The van der Waals surface area contributed by atoms with E-state index in [0.29, 0.717) is 35.7 Å². The normalized spacial score (nSPS) is 21.4. The Morgan fingerprint density at radius 3 is 2.13 bits per heavy atom. The molecule has 0 aliphatic carbocycles. The number of alkyl halides is 3. The number of fused-ring (bicyclic) bond motifs is 2. The topological polar surface area (TPSA) is 89.1 Å². The van der Waals surface area contributed by atoms with Gasteiger partial charge in [-0.25, -0.2) is 0 Å². The lowest BCUT2D eigenvalue weighted by Crippen LogP contribution is -2.58. The van der Waals surface area contributed by atoms with E-state index in [9.17, 15) is 22.8 Å². The molecule has 2 heterocycles. The molecule has 0 spiro atoms. The van der Waals surface area contributed by atoms with Gasteiger partial charge in [-0.2, -0.15) is 13.2 Å². The summed E-state index contributed by atoms with van der Waals surface area (Å²) in [5.74, 6) is 0.384. The maximum Gasteiger partial charge on any atom is 0.418 e. The van der Waals surface area contributed by atoms with E-state index in [2.05, 4.69) is 15.5 Å². The minimum atomic E-state index is -4.56. The Morgan fingerprint density at radius 1 is 0.974 bits per heavy atom. The zero-order valence-electron chi connectivity index (χ0n) is 21.6. The number of methoxy groups -OCH3 is 3. The molecule has 11 heteroatoms. The number of para-hydroxylation sites is 1. The third kappa shape index (κ3) is 5.98. The van der Waals surface area contributed by atoms with E-state index >= 15 is 0 Å². The second-order valence-corrected chi connectivity index (χ2v) is 9.56. The molecule has 2 aromatic carbocycles. The number of anilines is 1. The van der Waals surface area contributed by atoms with Crippen molar-refractivity contribution < 1.29 is 37.0 Å². The molecule has 2 amide bonds. The lowest BCUT2D eigenvalue weighted by molar-refractivity contribution is -0.137. The molecule has 0 aromatic heterocycles. The number of hydrogen-bond acceptors (Lipinski definition) is 6. The maximum absolute atomic E-state index is 13.3. The van der Waals surface area contributed by atoms with E-state index in [0.717, 1.165) is 25.3 Å². The standard InChI is InChI=1S/C27H32F3N3O5/c1-36-22-11-16(12-23(37-2)25(22)38-3)26(35)31-17-13-18-7-6-8-19(14-17)33(18)15-24(34)32-21-10-5-4-9-20(21)27(28,29)30/h4-5,9-12,17-19H,6-8,13-15H2,1-3H3,(H,31,35)(H,32,34). The number of benzene rings is 2. The van der Waals surface area contributed by atoms with Crippen LogP contribution in [-0.4, -0.2) is 62.7 Å². The highest BCUT2D eigenvalue weighted by molar-refractivity contribution is 5.96. The molecule has 2 aliphatic heterocycles. The molecule has 2 N–H and O–H groups in total. The van der Waals surface area contributed by atoms with Crippen molar-refractivity contribution >= 4 is 17.5 Å². The van der Waals surface area contributed by atoms with Crippen molar-refractivity contribution in [1.29, 1.82) is 0 Å². The fourth-order valence-corrected chi connectivity index (χ4v) is 5.53. The van der Waals surface area contributed by atoms with Gasteiger partial charge in [-0.05, 0) is 49.9 Å². The van der Waals surface area contributed by atoms with Gasteiger partial charge in [0.2, 0.25) is 11.7 Å². The van der Waals surface area contributed by atoms with Gasteiger partial charge in [0.15, 0.2) is 11.5 Å². The Kier molecular flexibility index (Phi) is 8.35. The Morgan fingerprint density at radius 2 is 1.58 bits per heavy atom. The largest absolute Gasteiger partial charge is 0.493 e. The molecular weight excluding hydrogens is 503 g/mol. The highest BCUT2D eigenvalue weighted by Crippen LogP contribution is 2.39. The van der Waals surface area contributed by atoms with E-state index in [4.69, 9.17) is 14.2 Å². The van der Waals surface area contributed by atoms with Crippen LogP contribution in [0.3, 0.4) is 0 Å². The summed E-state index contributed by atoms with van der Waals surface area (Å²) in [6.07, 6.45) is -0.593. The Balaban J connectivity index is 1.41. The molecule has 8 nitrogen and oxygen atoms in total. The van der Waals surface area contributed by atoms with Crippen LogP contribution in [0.25, 0.3) is 0 Å². The summed E-state index contributed by atoms with van der Waals surface area (Å²) in [6.45, 7) is -0.00489. The number of ether oxygens (including phenoxy) is 3. The van der Waals surface area contributed by atoms with Gasteiger partial charge in [0.05, 0.1) is 39.1 Å². The van der Waals surface area contributed by atoms with Gasteiger partial charge in [0.25, 0.3) is 5.91 Å². The van der Waals surface area contributed by atoms with E-state index in [1.807, 2.05) is 0 Å². The van der Waals surface area contributed by atoms with Gasteiger partial charge < -0.3 is 24.8 Å². The fourth-order valence-electron chi connectivity index (χ4n) is 5.53. The van der Waals surface area contributed by atoms with Crippen LogP contribution in [0.4, 0.5) is 18.9 Å². The van der Waals surface area contributed by atoms with Crippen molar-refractivity contribution in [2.75, 3.05) is 33.2 Å². The Labute approximate surface area is 219 Å². The quantitative estimate of drug-likeness (QED) is 0.518. The lowest BCUT2D eigenvalue weighted by Gasteiger charge is -2.48. The number of carbonyl (C=O) groups excluding carboxylic acids is 2. The van der Waals surface area contributed by atoms with Crippen LogP contribution in [0, 0.1) is 0 Å². The molecule has 2 saturated heterocycles. The summed E-state index contributed by atoms with van der Waals surface area (Å²) in [6, 6.07) is 8.11. The summed E-state index contributed by atoms with van der Waals surface area (Å²) < 4.78 is 56.0. The molecule has 2 aromatic rings. The minimum absolute atomic E-state index is 0.00489. The highest BCUT2D eigenvalue weighted by atomic mass is 19.4. The van der Waals surface area contributed by atoms with Crippen LogP contribution in [-0.2, 0) is 11.0 Å².